The Balaban J connectivity index is 2.13. The van der Waals surface area contributed by atoms with Gasteiger partial charge < -0.3 is 4.74 Å². The number of aromatic nitrogens is 2. The summed E-state index contributed by atoms with van der Waals surface area (Å²) in [6.45, 7) is 1.84. The molecule has 4 nitrogen and oxygen atoms in total. The molecule has 15 heavy (non-hydrogen) atoms. The third-order valence-corrected chi connectivity index (χ3v) is 2.52. The van der Waals surface area contributed by atoms with E-state index in [-0.39, 0.29) is 6.10 Å². The summed E-state index contributed by atoms with van der Waals surface area (Å²) in [5.41, 5.74) is 1.14. The van der Waals surface area contributed by atoms with Crippen LogP contribution in [0.25, 0.3) is 0 Å². The molecule has 0 unspecified atom stereocenters. The van der Waals surface area contributed by atoms with Gasteiger partial charge in [-0.25, -0.2) is 4.98 Å². The Morgan fingerprint density at radius 3 is 2.80 bits per heavy atom. The molecule has 0 spiro atoms. The van der Waals surface area contributed by atoms with E-state index < -0.39 is 0 Å². The van der Waals surface area contributed by atoms with E-state index in [9.17, 15) is 0 Å². The fourth-order valence-corrected chi connectivity index (χ4v) is 1.81. The van der Waals surface area contributed by atoms with Crippen LogP contribution in [0.4, 0.5) is 0 Å². The Kier molecular flexibility index (Phi) is 2.82. The zero-order valence-corrected chi connectivity index (χ0v) is 8.73. The van der Waals surface area contributed by atoms with Gasteiger partial charge in [0.1, 0.15) is 17.9 Å². The average molecular weight is 203 g/mol. The number of ether oxygens (including phenoxy) is 1. The van der Waals surface area contributed by atoms with E-state index in [0.29, 0.717) is 11.7 Å². The van der Waals surface area contributed by atoms with Gasteiger partial charge in [0.15, 0.2) is 0 Å². The van der Waals surface area contributed by atoms with Crippen molar-refractivity contribution in [2.45, 2.75) is 38.7 Å². The number of hydrogen-bond acceptors (Lipinski definition) is 4. The number of aryl methyl sites for hydroxylation is 1. The molecular weight excluding hydrogens is 190 g/mol. The van der Waals surface area contributed by atoms with E-state index in [4.69, 9.17) is 10.00 Å². The van der Waals surface area contributed by atoms with Crippen molar-refractivity contribution in [3.05, 3.63) is 17.5 Å². The lowest BCUT2D eigenvalue weighted by Crippen LogP contribution is -2.13. The van der Waals surface area contributed by atoms with Crippen molar-refractivity contribution in [1.29, 1.82) is 5.26 Å². The highest BCUT2D eigenvalue weighted by Crippen LogP contribution is 2.22. The van der Waals surface area contributed by atoms with Gasteiger partial charge in [0.2, 0.25) is 0 Å². The topological polar surface area (TPSA) is 58.8 Å². The smallest absolute Gasteiger partial charge is 0.318 e. The zero-order chi connectivity index (χ0) is 10.7. The Labute approximate surface area is 88.9 Å². The maximum Gasteiger partial charge on any atom is 0.318 e. The Morgan fingerprint density at radius 1 is 1.40 bits per heavy atom. The Morgan fingerprint density at radius 2 is 2.13 bits per heavy atom. The van der Waals surface area contributed by atoms with Crippen LogP contribution in [0.3, 0.4) is 0 Å². The van der Waals surface area contributed by atoms with Crippen molar-refractivity contribution in [3.63, 3.8) is 0 Å². The minimum atomic E-state index is 0.235. The predicted octanol–water partition coefficient (Wildman–Crippen LogP) is 1.98. The van der Waals surface area contributed by atoms with Crippen LogP contribution in [-0.4, -0.2) is 16.1 Å². The van der Waals surface area contributed by atoms with Crippen molar-refractivity contribution in [3.8, 4) is 12.1 Å². The average Bonchev–Trinajstić information content (AvgIpc) is 2.69. The summed E-state index contributed by atoms with van der Waals surface area (Å²) in [6, 6.07) is 4.00. The second-order valence-corrected chi connectivity index (χ2v) is 3.81. The van der Waals surface area contributed by atoms with Crippen LogP contribution in [0, 0.1) is 18.3 Å². The summed E-state index contributed by atoms with van der Waals surface area (Å²) in [5.74, 6) is 0. The van der Waals surface area contributed by atoms with Crippen LogP contribution in [0.15, 0.2) is 6.07 Å². The molecule has 1 heterocycles. The largest absolute Gasteiger partial charge is 0.460 e. The minimum absolute atomic E-state index is 0.235. The van der Waals surface area contributed by atoms with Crippen LogP contribution in [0.5, 0.6) is 6.01 Å². The molecule has 0 aliphatic heterocycles. The van der Waals surface area contributed by atoms with Crippen molar-refractivity contribution < 1.29 is 4.74 Å². The molecule has 1 aromatic rings. The van der Waals surface area contributed by atoms with Crippen LogP contribution in [-0.2, 0) is 0 Å². The molecule has 4 heteroatoms. The zero-order valence-electron chi connectivity index (χ0n) is 8.73. The lowest BCUT2D eigenvalue weighted by Gasteiger charge is -2.11. The van der Waals surface area contributed by atoms with Gasteiger partial charge in [0, 0.05) is 5.69 Å². The van der Waals surface area contributed by atoms with Gasteiger partial charge in [-0.15, -0.1) is 0 Å². The van der Waals surface area contributed by atoms with Gasteiger partial charge in [-0.05, 0) is 38.7 Å². The van der Waals surface area contributed by atoms with E-state index in [1.165, 1.54) is 12.8 Å². The van der Waals surface area contributed by atoms with E-state index in [0.717, 1.165) is 18.5 Å². The first-order valence-electron chi connectivity index (χ1n) is 5.20. The maximum absolute atomic E-state index is 8.75. The third kappa shape index (κ3) is 2.44. The van der Waals surface area contributed by atoms with Crippen LogP contribution >= 0.6 is 0 Å². The fraction of sp³-hybridized carbons (Fsp3) is 0.545. The second kappa shape index (κ2) is 4.26. The number of nitrogens with zero attached hydrogens (tertiary/aromatic N) is 3. The lowest BCUT2D eigenvalue weighted by molar-refractivity contribution is 0.191. The molecule has 0 atom stereocenters. The summed E-state index contributed by atoms with van der Waals surface area (Å²) in [4.78, 5) is 8.18. The summed E-state index contributed by atoms with van der Waals surface area (Å²) in [6.07, 6.45) is 4.79. The van der Waals surface area contributed by atoms with E-state index in [1.54, 1.807) is 6.07 Å². The molecule has 1 fully saturated rings. The van der Waals surface area contributed by atoms with E-state index >= 15 is 0 Å². The van der Waals surface area contributed by atoms with Crippen molar-refractivity contribution in [1.82, 2.24) is 9.97 Å². The first kappa shape index (κ1) is 9.91. The monoisotopic (exact) mass is 203 g/mol. The number of nitriles is 1. The molecule has 0 radical (unpaired) electrons. The summed E-state index contributed by atoms with van der Waals surface area (Å²) in [7, 11) is 0. The molecule has 1 saturated carbocycles. The maximum atomic E-state index is 8.75. The molecule has 78 valence electrons. The first-order chi connectivity index (χ1) is 7.28. The molecule has 2 rings (SSSR count). The summed E-state index contributed by atoms with van der Waals surface area (Å²) < 4.78 is 5.63. The number of rotatable bonds is 2. The minimum Gasteiger partial charge on any atom is -0.460 e. The van der Waals surface area contributed by atoms with Crippen molar-refractivity contribution in [2.75, 3.05) is 0 Å². The van der Waals surface area contributed by atoms with Crippen molar-refractivity contribution in [2.24, 2.45) is 0 Å². The fourth-order valence-electron chi connectivity index (χ4n) is 1.81. The standard InChI is InChI=1S/C11H13N3O/c1-8-6-9(7-12)14-11(13-8)15-10-4-2-3-5-10/h6,10H,2-5H2,1H3. The second-order valence-electron chi connectivity index (χ2n) is 3.81. The number of hydrogen-bond donors (Lipinski definition) is 0. The highest BCUT2D eigenvalue weighted by atomic mass is 16.5. The third-order valence-electron chi connectivity index (χ3n) is 2.52. The van der Waals surface area contributed by atoms with Gasteiger partial charge in [0.25, 0.3) is 0 Å². The summed E-state index contributed by atoms with van der Waals surface area (Å²) >= 11 is 0. The SMILES string of the molecule is Cc1cc(C#N)nc(OC2CCCC2)n1. The highest BCUT2D eigenvalue weighted by Gasteiger charge is 2.17. The molecular formula is C11H13N3O. The molecule has 0 bridgehead atoms. The molecule has 1 aromatic heterocycles. The molecule has 0 saturated heterocycles. The highest BCUT2D eigenvalue weighted by molar-refractivity contribution is 5.23. The molecule has 0 N–H and O–H groups in total. The molecule has 1 aliphatic rings. The first-order valence-corrected chi connectivity index (χ1v) is 5.20. The Bertz CT molecular complexity index is 391. The van der Waals surface area contributed by atoms with Gasteiger partial charge in [-0.1, -0.05) is 0 Å². The molecule has 0 amide bonds. The van der Waals surface area contributed by atoms with Crippen molar-refractivity contribution >= 4 is 0 Å². The van der Waals surface area contributed by atoms with Gasteiger partial charge in [0.05, 0.1) is 0 Å². The van der Waals surface area contributed by atoms with Gasteiger partial charge >= 0.3 is 6.01 Å². The van der Waals surface area contributed by atoms with E-state index in [1.807, 2.05) is 13.0 Å². The molecule has 1 aliphatic carbocycles. The van der Waals surface area contributed by atoms with Gasteiger partial charge in [-0.2, -0.15) is 10.2 Å². The van der Waals surface area contributed by atoms with Crippen LogP contribution in [0.2, 0.25) is 0 Å². The summed E-state index contributed by atoms with van der Waals surface area (Å²) in [5, 5.41) is 8.75. The predicted molar refractivity (Wildman–Crippen MR) is 54.4 cm³/mol. The van der Waals surface area contributed by atoms with Gasteiger partial charge in [-0.3, -0.25) is 0 Å². The van der Waals surface area contributed by atoms with E-state index in [2.05, 4.69) is 9.97 Å². The Hall–Kier alpha value is -1.63. The normalized spacial score (nSPS) is 16.3. The van der Waals surface area contributed by atoms with Crippen LogP contribution in [0.1, 0.15) is 37.1 Å². The quantitative estimate of drug-likeness (QED) is 0.737. The lowest BCUT2D eigenvalue weighted by atomic mass is 10.3. The van der Waals surface area contributed by atoms with Crippen LogP contribution < -0.4 is 4.74 Å². The molecule has 0 aromatic carbocycles.